The fraction of sp³-hybridized carbons (Fsp3) is 1.00. The highest BCUT2D eigenvalue weighted by Crippen LogP contribution is 2.28. The number of aliphatic hydroxyl groups is 1. The molecule has 4 nitrogen and oxygen atoms in total. The lowest BCUT2D eigenvalue weighted by molar-refractivity contribution is 0.0884. The Morgan fingerprint density at radius 2 is 0.759 bits per heavy atom. The number of hydrogen-bond acceptors (Lipinski definition) is 3. The molecule has 0 saturated heterocycles. The molecular formula is C24H50O4S. The van der Waals surface area contributed by atoms with Gasteiger partial charge in [0.2, 0.25) is 0 Å². The molecule has 1 unspecified atom stereocenters. The summed E-state index contributed by atoms with van der Waals surface area (Å²) in [4.78, 5) is -1.95. The largest absolute Gasteiger partial charge is 0.372 e. The molecule has 5 heteroatoms. The maximum absolute atomic E-state index is 11.7. The van der Waals surface area contributed by atoms with Crippen LogP contribution in [0, 0.1) is 0 Å². The second-order valence-corrected chi connectivity index (χ2v) is 10.6. The maximum Gasteiger partial charge on any atom is 0.294 e. The molecule has 0 fully saturated rings. The van der Waals surface area contributed by atoms with Gasteiger partial charge in [0.15, 0.2) is 4.93 Å². The Morgan fingerprint density at radius 1 is 0.517 bits per heavy atom. The van der Waals surface area contributed by atoms with Gasteiger partial charge in [-0.15, -0.1) is 0 Å². The molecule has 0 heterocycles. The van der Waals surface area contributed by atoms with Gasteiger partial charge in [-0.25, -0.2) is 0 Å². The zero-order valence-electron chi connectivity index (χ0n) is 19.5. The van der Waals surface area contributed by atoms with Crippen LogP contribution >= 0.6 is 0 Å². The highest BCUT2D eigenvalue weighted by molar-refractivity contribution is 7.87. The molecule has 0 saturated carbocycles. The Morgan fingerprint density at radius 3 is 1.00 bits per heavy atom. The molecule has 29 heavy (non-hydrogen) atoms. The quantitative estimate of drug-likeness (QED) is 0.135. The Bertz CT molecular complexity index is 450. The van der Waals surface area contributed by atoms with E-state index in [-0.39, 0.29) is 12.8 Å². The maximum atomic E-state index is 11.7. The van der Waals surface area contributed by atoms with Gasteiger partial charge in [-0.05, 0) is 25.7 Å². The smallest absolute Gasteiger partial charge is 0.294 e. The zero-order valence-corrected chi connectivity index (χ0v) is 20.3. The molecular weight excluding hydrogens is 384 g/mol. The van der Waals surface area contributed by atoms with E-state index in [2.05, 4.69) is 13.8 Å². The van der Waals surface area contributed by atoms with Crippen LogP contribution in [0.4, 0.5) is 0 Å². The van der Waals surface area contributed by atoms with Crippen molar-refractivity contribution in [2.75, 3.05) is 0 Å². The minimum atomic E-state index is -4.43. The van der Waals surface area contributed by atoms with E-state index in [1.54, 1.807) is 0 Å². The van der Waals surface area contributed by atoms with Crippen molar-refractivity contribution in [1.82, 2.24) is 0 Å². The molecule has 0 radical (unpaired) electrons. The lowest BCUT2D eigenvalue weighted by Crippen LogP contribution is -2.38. The van der Waals surface area contributed by atoms with Crippen molar-refractivity contribution >= 4 is 10.1 Å². The zero-order chi connectivity index (χ0) is 21.8. The van der Waals surface area contributed by atoms with E-state index in [9.17, 15) is 18.1 Å². The topological polar surface area (TPSA) is 74.6 Å². The molecule has 1 atom stereocenters. The summed E-state index contributed by atoms with van der Waals surface area (Å²) in [6.45, 7) is 4.44. The summed E-state index contributed by atoms with van der Waals surface area (Å²) in [5.74, 6) is 0. The minimum absolute atomic E-state index is 0.152. The Labute approximate surface area is 182 Å². The van der Waals surface area contributed by atoms with Gasteiger partial charge < -0.3 is 5.11 Å². The second kappa shape index (κ2) is 18.6. The van der Waals surface area contributed by atoms with E-state index in [4.69, 9.17) is 0 Å². The second-order valence-electron chi connectivity index (χ2n) is 8.93. The third-order valence-corrected chi connectivity index (χ3v) is 7.44. The Hall–Kier alpha value is -0.130. The van der Waals surface area contributed by atoms with Crippen LogP contribution in [0.3, 0.4) is 0 Å². The highest BCUT2D eigenvalue weighted by Gasteiger charge is 2.39. The summed E-state index contributed by atoms with van der Waals surface area (Å²) in [5, 5.41) is 10.5. The molecule has 2 N–H and O–H groups in total. The van der Waals surface area contributed by atoms with E-state index in [1.807, 2.05) is 0 Å². The molecule has 0 rings (SSSR count). The predicted octanol–water partition coefficient (Wildman–Crippen LogP) is 7.79. The lowest BCUT2D eigenvalue weighted by atomic mass is 10.0. The van der Waals surface area contributed by atoms with Crippen molar-refractivity contribution in [3.63, 3.8) is 0 Å². The fourth-order valence-electron chi connectivity index (χ4n) is 3.98. The SMILES string of the molecule is CCCCCCCCCCCCC(O)(CCCCCCCCCCC)S(=O)(=O)O. The number of hydrogen-bond donors (Lipinski definition) is 2. The van der Waals surface area contributed by atoms with Gasteiger partial charge in [0.05, 0.1) is 0 Å². The molecule has 176 valence electrons. The molecule has 0 bridgehead atoms. The average molecular weight is 435 g/mol. The fourth-order valence-corrected chi connectivity index (χ4v) is 4.79. The lowest BCUT2D eigenvalue weighted by Gasteiger charge is -2.24. The first-order valence-corrected chi connectivity index (χ1v) is 14.0. The molecule has 0 aromatic rings. The van der Waals surface area contributed by atoms with Crippen LogP contribution in [0.1, 0.15) is 149 Å². The van der Waals surface area contributed by atoms with Crippen molar-refractivity contribution in [2.45, 2.75) is 154 Å². The third kappa shape index (κ3) is 16.3. The first kappa shape index (κ1) is 28.9. The van der Waals surface area contributed by atoms with Crippen LogP contribution in [0.25, 0.3) is 0 Å². The van der Waals surface area contributed by atoms with Crippen molar-refractivity contribution in [2.24, 2.45) is 0 Å². The van der Waals surface area contributed by atoms with Crippen LogP contribution in [0.5, 0.6) is 0 Å². The highest BCUT2D eigenvalue weighted by atomic mass is 32.2. The van der Waals surface area contributed by atoms with Gasteiger partial charge in [0, 0.05) is 0 Å². The summed E-state index contributed by atoms with van der Waals surface area (Å²) in [7, 11) is -4.43. The van der Waals surface area contributed by atoms with E-state index in [0.29, 0.717) is 12.8 Å². The molecule has 0 amide bonds. The summed E-state index contributed by atoms with van der Waals surface area (Å²) < 4.78 is 33.0. The van der Waals surface area contributed by atoms with Gasteiger partial charge >= 0.3 is 0 Å². The number of rotatable bonds is 22. The molecule has 0 spiro atoms. The van der Waals surface area contributed by atoms with Gasteiger partial charge in [-0.1, -0.05) is 123 Å². The number of unbranched alkanes of at least 4 members (excludes halogenated alkanes) is 17. The van der Waals surface area contributed by atoms with Crippen LogP contribution in [0.15, 0.2) is 0 Å². The summed E-state index contributed by atoms with van der Waals surface area (Å²) in [6.07, 6.45) is 22.1. The van der Waals surface area contributed by atoms with Crippen molar-refractivity contribution < 1.29 is 18.1 Å². The Balaban J connectivity index is 3.86. The molecule has 0 aliphatic carbocycles. The predicted molar refractivity (Wildman–Crippen MR) is 125 cm³/mol. The average Bonchev–Trinajstić information content (AvgIpc) is 2.67. The molecule has 0 aliphatic heterocycles. The monoisotopic (exact) mass is 434 g/mol. The Kier molecular flexibility index (Phi) is 18.5. The van der Waals surface area contributed by atoms with E-state index in [0.717, 1.165) is 25.7 Å². The summed E-state index contributed by atoms with van der Waals surface area (Å²) in [6, 6.07) is 0. The van der Waals surface area contributed by atoms with Crippen LogP contribution in [0.2, 0.25) is 0 Å². The van der Waals surface area contributed by atoms with Gasteiger partial charge in [-0.3, -0.25) is 4.55 Å². The summed E-state index contributed by atoms with van der Waals surface area (Å²) in [5.41, 5.74) is 0. The van der Waals surface area contributed by atoms with Gasteiger partial charge in [0.1, 0.15) is 0 Å². The van der Waals surface area contributed by atoms with Crippen LogP contribution in [-0.4, -0.2) is 23.0 Å². The van der Waals surface area contributed by atoms with Gasteiger partial charge in [0.25, 0.3) is 10.1 Å². The first-order valence-electron chi connectivity index (χ1n) is 12.6. The van der Waals surface area contributed by atoms with E-state index >= 15 is 0 Å². The molecule has 0 aromatic carbocycles. The standard InChI is InChI=1S/C24H50O4S/c1-3-5-7-9-11-13-15-17-19-21-23-24(25,29(26,27)28)22-20-18-16-14-12-10-8-6-4-2/h25H,3-23H2,1-2H3,(H,26,27,28). The van der Waals surface area contributed by atoms with Crippen molar-refractivity contribution in [1.29, 1.82) is 0 Å². The van der Waals surface area contributed by atoms with Crippen molar-refractivity contribution in [3.05, 3.63) is 0 Å². The van der Waals surface area contributed by atoms with Crippen LogP contribution < -0.4 is 0 Å². The minimum Gasteiger partial charge on any atom is -0.372 e. The normalized spacial score (nSPS) is 14.2. The van der Waals surface area contributed by atoms with E-state index in [1.165, 1.54) is 83.5 Å². The van der Waals surface area contributed by atoms with Gasteiger partial charge in [-0.2, -0.15) is 8.42 Å². The van der Waals surface area contributed by atoms with E-state index < -0.39 is 15.1 Å². The van der Waals surface area contributed by atoms with Crippen LogP contribution in [-0.2, 0) is 10.1 Å². The molecule has 0 aromatic heterocycles. The first-order chi connectivity index (χ1) is 13.9. The summed E-state index contributed by atoms with van der Waals surface area (Å²) >= 11 is 0. The van der Waals surface area contributed by atoms with Crippen molar-refractivity contribution in [3.8, 4) is 0 Å². The molecule has 0 aliphatic rings. The third-order valence-electron chi connectivity index (χ3n) is 6.07.